The van der Waals surface area contributed by atoms with Gasteiger partial charge in [-0.05, 0) is 43.5 Å². The first-order valence-corrected chi connectivity index (χ1v) is 11.8. The number of hydrogen-bond donors (Lipinski definition) is 2. The summed E-state index contributed by atoms with van der Waals surface area (Å²) in [5.41, 5.74) is 7.57. The monoisotopic (exact) mass is 417 g/mol. The molecule has 0 radical (unpaired) electrons. The van der Waals surface area contributed by atoms with E-state index in [1.807, 2.05) is 30.3 Å². The molecule has 1 heterocycles. The minimum Gasteiger partial charge on any atom is -0.375 e. The van der Waals surface area contributed by atoms with Gasteiger partial charge in [-0.3, -0.25) is 0 Å². The maximum absolute atomic E-state index is 13.5. The van der Waals surface area contributed by atoms with Crippen LogP contribution in [0.3, 0.4) is 0 Å². The van der Waals surface area contributed by atoms with Gasteiger partial charge in [0.15, 0.2) is 15.0 Å². The Bertz CT molecular complexity index is 1030. The Morgan fingerprint density at radius 2 is 1.79 bits per heavy atom. The van der Waals surface area contributed by atoms with Gasteiger partial charge in [-0.15, -0.1) is 0 Å². The number of nitrogens with one attached hydrogen (secondary N) is 1. The number of hydrogen-bond acceptors (Lipinski definition) is 6. The second-order valence-electron chi connectivity index (χ2n) is 7.50. The second kappa shape index (κ2) is 8.59. The molecule has 1 aromatic heterocycles. The van der Waals surface area contributed by atoms with Crippen molar-refractivity contribution >= 4 is 36.5 Å². The van der Waals surface area contributed by atoms with Crippen LogP contribution in [0.2, 0.25) is 0 Å². The van der Waals surface area contributed by atoms with Crippen LogP contribution < -0.4 is 11.1 Å². The molecular weight excluding hydrogens is 390 g/mol. The number of thiazole rings is 1. The van der Waals surface area contributed by atoms with Crippen LogP contribution in [0.15, 0.2) is 53.4 Å². The molecule has 7 heteroatoms. The lowest BCUT2D eigenvalue weighted by Gasteiger charge is -2.26. The molecule has 0 bridgehead atoms. The highest BCUT2D eigenvalue weighted by atomic mass is 32.2. The summed E-state index contributed by atoms with van der Waals surface area (Å²) in [6.07, 6.45) is 0.648. The molecular formula is C21H27N3O2S2. The molecule has 0 saturated heterocycles. The number of aromatic nitrogens is 1. The van der Waals surface area contributed by atoms with E-state index in [2.05, 4.69) is 24.1 Å². The third-order valence-corrected chi connectivity index (χ3v) is 8.17. The zero-order valence-corrected chi connectivity index (χ0v) is 18.1. The Hall–Kier alpha value is -1.96. The molecule has 0 aliphatic rings. The molecule has 150 valence electrons. The van der Waals surface area contributed by atoms with Crippen LogP contribution in [0.5, 0.6) is 0 Å². The van der Waals surface area contributed by atoms with Crippen molar-refractivity contribution in [2.75, 3.05) is 12.3 Å². The molecule has 3 rings (SSSR count). The fraction of sp³-hybridized carbons (Fsp3) is 0.381. The average Bonchev–Trinajstić information content (AvgIpc) is 3.05. The first kappa shape index (κ1) is 20.8. The number of nitrogens with two attached hydrogens (primary N) is 1. The fourth-order valence-electron chi connectivity index (χ4n) is 3.24. The molecule has 28 heavy (non-hydrogen) atoms. The van der Waals surface area contributed by atoms with E-state index in [-0.39, 0.29) is 6.04 Å². The Morgan fingerprint density at radius 1 is 1.07 bits per heavy atom. The van der Waals surface area contributed by atoms with Crippen LogP contribution in [0, 0.1) is 5.92 Å². The Balaban J connectivity index is 1.96. The van der Waals surface area contributed by atoms with Gasteiger partial charge in [0.2, 0.25) is 0 Å². The summed E-state index contributed by atoms with van der Waals surface area (Å²) < 4.78 is 27.7. The smallest absolute Gasteiger partial charge is 0.183 e. The maximum atomic E-state index is 13.5. The van der Waals surface area contributed by atoms with Gasteiger partial charge in [0.25, 0.3) is 0 Å². The summed E-state index contributed by atoms with van der Waals surface area (Å²) in [5.74, 6) is 0.429. The topological polar surface area (TPSA) is 85.1 Å². The molecule has 0 fully saturated rings. The van der Waals surface area contributed by atoms with E-state index in [4.69, 9.17) is 5.73 Å². The van der Waals surface area contributed by atoms with Crippen LogP contribution >= 0.6 is 11.3 Å². The van der Waals surface area contributed by atoms with Crippen LogP contribution in [-0.2, 0) is 16.3 Å². The van der Waals surface area contributed by atoms with Gasteiger partial charge in [-0.2, -0.15) is 0 Å². The molecule has 3 aromatic rings. The lowest BCUT2D eigenvalue weighted by Crippen LogP contribution is -2.45. The van der Waals surface area contributed by atoms with E-state index >= 15 is 0 Å². The van der Waals surface area contributed by atoms with Gasteiger partial charge in [0, 0.05) is 6.04 Å². The van der Waals surface area contributed by atoms with Gasteiger partial charge in [-0.25, -0.2) is 13.4 Å². The molecule has 5 nitrogen and oxygen atoms in total. The Kier molecular flexibility index (Phi) is 6.37. The van der Waals surface area contributed by atoms with Gasteiger partial charge in [0.1, 0.15) is 0 Å². The number of sulfone groups is 1. The zero-order valence-electron chi connectivity index (χ0n) is 16.4. The van der Waals surface area contributed by atoms with Crippen molar-refractivity contribution in [2.45, 2.75) is 43.4 Å². The van der Waals surface area contributed by atoms with Crippen molar-refractivity contribution in [3.63, 3.8) is 0 Å². The number of fused-ring (bicyclic) bond motifs is 1. The molecule has 0 aliphatic carbocycles. The minimum absolute atomic E-state index is 0.199. The number of nitrogen functional groups attached to an aromatic ring is 1. The minimum atomic E-state index is -3.57. The largest absolute Gasteiger partial charge is 0.375 e. The van der Waals surface area contributed by atoms with E-state index in [1.165, 1.54) is 11.3 Å². The average molecular weight is 418 g/mol. The van der Waals surface area contributed by atoms with E-state index < -0.39 is 15.1 Å². The van der Waals surface area contributed by atoms with Crippen molar-refractivity contribution < 1.29 is 8.42 Å². The lowest BCUT2D eigenvalue weighted by molar-refractivity contribution is 0.443. The van der Waals surface area contributed by atoms with Crippen LogP contribution in [0.25, 0.3) is 10.2 Å². The van der Waals surface area contributed by atoms with Crippen molar-refractivity contribution in [1.29, 1.82) is 0 Å². The van der Waals surface area contributed by atoms with Crippen molar-refractivity contribution in [2.24, 2.45) is 5.92 Å². The summed E-state index contributed by atoms with van der Waals surface area (Å²) in [4.78, 5) is 4.55. The van der Waals surface area contributed by atoms with E-state index in [0.717, 1.165) is 12.1 Å². The van der Waals surface area contributed by atoms with Gasteiger partial charge >= 0.3 is 0 Å². The Labute approximate surface area is 170 Å². The Morgan fingerprint density at radius 3 is 2.46 bits per heavy atom. The molecule has 2 aromatic carbocycles. The highest BCUT2D eigenvalue weighted by Crippen LogP contribution is 2.32. The van der Waals surface area contributed by atoms with Crippen molar-refractivity contribution in [1.82, 2.24) is 10.3 Å². The van der Waals surface area contributed by atoms with E-state index in [0.29, 0.717) is 32.6 Å². The van der Waals surface area contributed by atoms with Crippen molar-refractivity contribution in [3.8, 4) is 0 Å². The molecule has 0 amide bonds. The van der Waals surface area contributed by atoms with Gasteiger partial charge < -0.3 is 11.1 Å². The molecule has 0 saturated carbocycles. The summed E-state index contributed by atoms with van der Waals surface area (Å²) in [7, 11) is -3.57. The van der Waals surface area contributed by atoms with Crippen LogP contribution in [0.4, 0.5) is 5.13 Å². The fourth-order valence-corrected chi connectivity index (χ4v) is 6.11. The molecule has 0 spiro atoms. The van der Waals surface area contributed by atoms with Gasteiger partial charge in [-0.1, -0.05) is 61.6 Å². The standard InChI is InChI=1S/C21H27N3O2S2/c1-14(2)13-23-18(12-16-8-5-4-6-9-16)15(3)28(25,26)19-11-7-10-17-20(19)27-21(22)24-17/h4-11,14-15,18,23H,12-13H2,1-3H3,(H2,22,24). The first-order valence-electron chi connectivity index (χ1n) is 9.45. The molecule has 0 aliphatic heterocycles. The third-order valence-electron chi connectivity index (χ3n) is 4.84. The highest BCUT2D eigenvalue weighted by Gasteiger charge is 2.32. The number of rotatable bonds is 8. The first-order chi connectivity index (χ1) is 13.3. The van der Waals surface area contributed by atoms with Gasteiger partial charge in [0.05, 0.1) is 20.4 Å². The van der Waals surface area contributed by atoms with Crippen LogP contribution in [-0.4, -0.2) is 31.2 Å². The predicted molar refractivity (Wildman–Crippen MR) is 117 cm³/mol. The number of anilines is 1. The van der Waals surface area contributed by atoms with Crippen LogP contribution in [0.1, 0.15) is 26.3 Å². The zero-order chi connectivity index (χ0) is 20.3. The molecule has 2 atom stereocenters. The normalized spacial score (nSPS) is 14.4. The SMILES string of the molecule is CC(C)CNC(Cc1ccccc1)C(C)S(=O)(=O)c1cccc2nc(N)sc12. The number of benzene rings is 2. The quantitative estimate of drug-likeness (QED) is 0.581. The summed E-state index contributed by atoms with van der Waals surface area (Å²) >= 11 is 1.22. The predicted octanol–water partition coefficient (Wildman–Crippen LogP) is 3.90. The van der Waals surface area contributed by atoms with E-state index in [9.17, 15) is 8.42 Å². The number of nitrogens with zero attached hydrogens (tertiary/aromatic N) is 1. The molecule has 2 unspecified atom stereocenters. The maximum Gasteiger partial charge on any atom is 0.183 e. The molecule has 3 N–H and O–H groups in total. The third kappa shape index (κ3) is 4.54. The second-order valence-corrected chi connectivity index (χ2v) is 10.8. The van der Waals surface area contributed by atoms with Crippen molar-refractivity contribution in [3.05, 3.63) is 54.1 Å². The van der Waals surface area contributed by atoms with E-state index in [1.54, 1.807) is 25.1 Å². The summed E-state index contributed by atoms with van der Waals surface area (Å²) in [5, 5.41) is 3.26. The highest BCUT2D eigenvalue weighted by molar-refractivity contribution is 7.92. The summed E-state index contributed by atoms with van der Waals surface area (Å²) in [6, 6.07) is 15.0. The lowest BCUT2D eigenvalue weighted by atomic mass is 10.0. The summed E-state index contributed by atoms with van der Waals surface area (Å²) in [6.45, 7) is 6.79.